The summed E-state index contributed by atoms with van der Waals surface area (Å²) in [5.74, 6) is -0.465. The summed E-state index contributed by atoms with van der Waals surface area (Å²) in [5, 5.41) is 4.73. The predicted molar refractivity (Wildman–Crippen MR) is 162 cm³/mol. The minimum Gasteiger partial charge on any atom is -0.465 e. The van der Waals surface area contributed by atoms with Crippen molar-refractivity contribution in [2.75, 3.05) is 13.7 Å². The van der Waals surface area contributed by atoms with Crippen molar-refractivity contribution < 1.29 is 28.6 Å². The van der Waals surface area contributed by atoms with E-state index < -0.39 is 23.8 Å². The Hall–Kier alpha value is -3.85. The first-order valence-corrected chi connectivity index (χ1v) is 15.3. The van der Waals surface area contributed by atoms with Gasteiger partial charge in [-0.15, -0.1) is 11.3 Å². The smallest absolute Gasteiger partial charge is 0.410 e. The molecule has 0 radical (unpaired) electrons. The Kier molecular flexibility index (Phi) is 8.87. The van der Waals surface area contributed by atoms with Gasteiger partial charge in [-0.05, 0) is 74.8 Å². The lowest BCUT2D eigenvalue weighted by atomic mass is 9.90. The lowest BCUT2D eigenvalue weighted by Gasteiger charge is -2.37. The maximum Gasteiger partial charge on any atom is 0.410 e. The van der Waals surface area contributed by atoms with Gasteiger partial charge in [-0.3, -0.25) is 0 Å². The number of nitrogens with zero attached hydrogens (tertiary/aromatic N) is 1. The van der Waals surface area contributed by atoms with Crippen molar-refractivity contribution in [1.29, 1.82) is 0 Å². The number of rotatable bonds is 7. The first-order valence-electron chi connectivity index (χ1n) is 14.4. The Morgan fingerprint density at radius 1 is 1.00 bits per heavy atom. The Balaban J connectivity index is 1.33. The molecule has 42 heavy (non-hydrogen) atoms. The summed E-state index contributed by atoms with van der Waals surface area (Å²) in [7, 11) is 1.35. The highest BCUT2D eigenvalue weighted by Crippen LogP contribution is 2.44. The van der Waals surface area contributed by atoms with Gasteiger partial charge in [0.2, 0.25) is 0 Å². The van der Waals surface area contributed by atoms with Crippen molar-refractivity contribution in [2.45, 2.75) is 76.6 Å². The number of methoxy groups -OCH3 is 1. The SMILES string of the molecule is COC(=O)c1csc(CN(C(=O)OCC2c3ccccc3-c3ccccc32)[C@@H]2CCC[C@@H](NC(=O)OC(C)(C)C)C2)c1. The van der Waals surface area contributed by atoms with Crippen LogP contribution in [0.5, 0.6) is 0 Å². The van der Waals surface area contributed by atoms with E-state index in [1.54, 1.807) is 16.3 Å². The van der Waals surface area contributed by atoms with Crippen LogP contribution >= 0.6 is 11.3 Å². The van der Waals surface area contributed by atoms with Crippen LogP contribution in [0.2, 0.25) is 0 Å². The first-order chi connectivity index (χ1) is 20.1. The number of benzene rings is 2. The van der Waals surface area contributed by atoms with E-state index in [2.05, 4.69) is 29.6 Å². The summed E-state index contributed by atoms with van der Waals surface area (Å²) < 4.78 is 16.4. The Labute approximate surface area is 251 Å². The second-order valence-electron chi connectivity index (χ2n) is 11.9. The van der Waals surface area contributed by atoms with Crippen molar-refractivity contribution in [3.8, 4) is 11.1 Å². The topological polar surface area (TPSA) is 94.2 Å². The maximum absolute atomic E-state index is 13.8. The standard InChI is InChI=1S/C33H38N2O6S/c1-33(2,3)41-31(37)34-22-10-9-11-23(17-22)35(18-24-16-21(20-42-24)30(36)39-4)32(38)40-19-29-27-14-7-5-12-25(27)26-13-6-8-15-28(26)29/h5-8,12-16,20,22-23,29H,9-11,17-19H2,1-4H3,(H,34,37)/t22-,23-/m1/s1. The van der Waals surface area contributed by atoms with Gasteiger partial charge in [-0.2, -0.15) is 0 Å². The van der Waals surface area contributed by atoms with E-state index in [4.69, 9.17) is 14.2 Å². The van der Waals surface area contributed by atoms with Crippen LogP contribution in [0.15, 0.2) is 60.0 Å². The lowest BCUT2D eigenvalue weighted by Crippen LogP contribution is -2.48. The molecular weight excluding hydrogens is 552 g/mol. The molecule has 2 aliphatic rings. The average molecular weight is 591 g/mol. The molecule has 1 fully saturated rings. The molecule has 1 saturated carbocycles. The number of hydrogen-bond acceptors (Lipinski definition) is 7. The van der Waals surface area contributed by atoms with E-state index in [1.807, 2.05) is 45.0 Å². The number of esters is 1. The third kappa shape index (κ3) is 6.78. The fourth-order valence-electron chi connectivity index (χ4n) is 5.93. The zero-order valence-electron chi connectivity index (χ0n) is 24.6. The summed E-state index contributed by atoms with van der Waals surface area (Å²) >= 11 is 1.41. The zero-order chi connectivity index (χ0) is 29.9. The van der Waals surface area contributed by atoms with E-state index in [1.165, 1.54) is 29.6 Å². The van der Waals surface area contributed by atoms with Gasteiger partial charge in [0.05, 0.1) is 19.2 Å². The number of carbonyl (C=O) groups excluding carboxylic acids is 3. The monoisotopic (exact) mass is 590 g/mol. The maximum atomic E-state index is 13.8. The number of hydrogen-bond donors (Lipinski definition) is 1. The fraction of sp³-hybridized carbons (Fsp3) is 0.424. The largest absolute Gasteiger partial charge is 0.465 e. The molecule has 1 N–H and O–H groups in total. The molecule has 222 valence electrons. The highest BCUT2D eigenvalue weighted by Gasteiger charge is 2.34. The number of carbonyl (C=O) groups is 3. The third-order valence-electron chi connectivity index (χ3n) is 7.78. The van der Waals surface area contributed by atoms with E-state index in [9.17, 15) is 14.4 Å². The molecule has 1 aromatic heterocycles. The molecule has 0 spiro atoms. The molecule has 2 aliphatic carbocycles. The van der Waals surface area contributed by atoms with Crippen molar-refractivity contribution in [1.82, 2.24) is 10.2 Å². The Morgan fingerprint density at radius 3 is 2.31 bits per heavy atom. The van der Waals surface area contributed by atoms with Gasteiger partial charge in [0, 0.05) is 28.3 Å². The van der Waals surface area contributed by atoms with Gasteiger partial charge in [0.25, 0.3) is 0 Å². The molecule has 0 saturated heterocycles. The van der Waals surface area contributed by atoms with Crippen LogP contribution in [0, 0.1) is 0 Å². The summed E-state index contributed by atoms with van der Waals surface area (Å²) in [5.41, 5.74) is 4.50. The number of thiophene rings is 1. The van der Waals surface area contributed by atoms with E-state index in [-0.39, 0.29) is 24.6 Å². The summed E-state index contributed by atoms with van der Waals surface area (Å²) in [6, 6.07) is 18.0. The van der Waals surface area contributed by atoms with E-state index in [0.29, 0.717) is 18.5 Å². The number of alkyl carbamates (subject to hydrolysis) is 1. The van der Waals surface area contributed by atoms with Gasteiger partial charge < -0.3 is 24.4 Å². The second-order valence-corrected chi connectivity index (χ2v) is 12.9. The van der Waals surface area contributed by atoms with Crippen LogP contribution in [-0.2, 0) is 20.8 Å². The third-order valence-corrected chi connectivity index (χ3v) is 8.70. The van der Waals surface area contributed by atoms with Crippen LogP contribution in [0.3, 0.4) is 0 Å². The molecule has 5 rings (SSSR count). The molecule has 3 aromatic rings. The molecule has 8 nitrogen and oxygen atoms in total. The molecule has 2 amide bonds. The van der Waals surface area contributed by atoms with Crippen LogP contribution in [-0.4, -0.2) is 54.5 Å². The van der Waals surface area contributed by atoms with Crippen molar-refractivity contribution in [2.24, 2.45) is 0 Å². The summed E-state index contributed by atoms with van der Waals surface area (Å²) in [6.07, 6.45) is 2.15. The Bertz CT molecular complexity index is 1400. The van der Waals surface area contributed by atoms with Crippen LogP contribution in [0.4, 0.5) is 9.59 Å². The molecule has 2 aromatic carbocycles. The van der Waals surface area contributed by atoms with Crippen molar-refractivity contribution in [3.63, 3.8) is 0 Å². The highest BCUT2D eigenvalue weighted by molar-refractivity contribution is 7.10. The molecule has 0 unspecified atom stereocenters. The van der Waals surface area contributed by atoms with Gasteiger partial charge >= 0.3 is 18.2 Å². The van der Waals surface area contributed by atoms with Gasteiger partial charge in [-0.25, -0.2) is 14.4 Å². The molecular formula is C33H38N2O6S. The van der Waals surface area contributed by atoms with Crippen molar-refractivity contribution >= 4 is 29.5 Å². The highest BCUT2D eigenvalue weighted by atomic mass is 32.1. The molecule has 0 bridgehead atoms. The normalized spacial score (nSPS) is 18.0. The minimum absolute atomic E-state index is 0.0520. The number of nitrogens with one attached hydrogen (secondary N) is 1. The average Bonchev–Trinajstić information content (AvgIpc) is 3.56. The summed E-state index contributed by atoms with van der Waals surface area (Å²) in [6.45, 7) is 6.01. The zero-order valence-corrected chi connectivity index (χ0v) is 25.4. The molecule has 9 heteroatoms. The quantitative estimate of drug-likeness (QED) is 0.233. The van der Waals surface area contributed by atoms with Crippen LogP contribution < -0.4 is 5.32 Å². The van der Waals surface area contributed by atoms with Gasteiger partial charge in [0.15, 0.2) is 0 Å². The molecule has 2 atom stereocenters. The Morgan fingerprint density at radius 2 is 1.67 bits per heavy atom. The lowest BCUT2D eigenvalue weighted by molar-refractivity contribution is 0.0450. The number of fused-ring (bicyclic) bond motifs is 3. The van der Waals surface area contributed by atoms with E-state index >= 15 is 0 Å². The predicted octanol–water partition coefficient (Wildman–Crippen LogP) is 7.12. The summed E-state index contributed by atoms with van der Waals surface area (Å²) in [4.78, 5) is 41.0. The second kappa shape index (κ2) is 12.6. The molecule has 1 heterocycles. The van der Waals surface area contributed by atoms with Crippen LogP contribution in [0.1, 0.15) is 78.7 Å². The molecule has 0 aliphatic heterocycles. The van der Waals surface area contributed by atoms with E-state index in [0.717, 1.165) is 35.3 Å². The van der Waals surface area contributed by atoms with Crippen LogP contribution in [0.25, 0.3) is 11.1 Å². The van der Waals surface area contributed by atoms with Crippen molar-refractivity contribution in [3.05, 3.63) is 81.5 Å². The first kappa shape index (κ1) is 29.6. The minimum atomic E-state index is -0.595. The fourth-order valence-corrected chi connectivity index (χ4v) is 6.78. The van der Waals surface area contributed by atoms with Gasteiger partial charge in [0.1, 0.15) is 12.2 Å². The van der Waals surface area contributed by atoms with Gasteiger partial charge in [-0.1, -0.05) is 48.5 Å². The number of amides is 2. The number of ether oxygens (including phenoxy) is 3.